The highest BCUT2D eigenvalue weighted by Crippen LogP contribution is 2.46. The Balaban J connectivity index is 0.00000144. The summed E-state index contributed by atoms with van der Waals surface area (Å²) in [7, 11) is 0. The van der Waals surface area contributed by atoms with Crippen molar-refractivity contribution in [3.63, 3.8) is 0 Å². The second-order valence-electron chi connectivity index (χ2n) is 15.0. The number of para-hydroxylation sites is 2. The van der Waals surface area contributed by atoms with Crippen LogP contribution in [0.25, 0.3) is 62.6 Å². The molecule has 0 N–H and O–H groups in total. The lowest BCUT2D eigenvalue weighted by Gasteiger charge is -2.30. The van der Waals surface area contributed by atoms with E-state index in [0.29, 0.717) is 0 Å². The van der Waals surface area contributed by atoms with E-state index < -0.39 is 0 Å². The van der Waals surface area contributed by atoms with E-state index in [-0.39, 0.29) is 0 Å². The minimum absolute atomic E-state index is 1.07. The molecule has 292 valence electrons. The van der Waals surface area contributed by atoms with Gasteiger partial charge in [0.15, 0.2) is 0 Å². The number of benzene rings is 9. The molecule has 4 heteroatoms. The van der Waals surface area contributed by atoms with Crippen molar-refractivity contribution in [3.8, 4) is 22.3 Å². The van der Waals surface area contributed by atoms with Gasteiger partial charge >= 0.3 is 0 Å². The van der Waals surface area contributed by atoms with Gasteiger partial charge in [-0.25, -0.2) is 0 Å². The van der Waals surface area contributed by atoms with Crippen LogP contribution >= 0.6 is 22.7 Å². The van der Waals surface area contributed by atoms with Crippen LogP contribution in [0.3, 0.4) is 0 Å². The predicted octanol–water partition coefficient (Wildman–Crippen LogP) is 17.9. The lowest BCUT2D eigenvalue weighted by Crippen LogP contribution is -2.13. The molecule has 11 aromatic rings. The highest BCUT2D eigenvalue weighted by molar-refractivity contribution is 7.26. The van der Waals surface area contributed by atoms with Gasteiger partial charge in [0.2, 0.25) is 0 Å². The van der Waals surface area contributed by atoms with Crippen molar-refractivity contribution in [3.05, 3.63) is 231 Å². The minimum Gasteiger partial charge on any atom is -0.310 e. The average molecular weight is 819 g/mol. The predicted molar refractivity (Wildman–Crippen MR) is 268 cm³/mol. The number of thiophene rings is 2. The maximum atomic E-state index is 3.36. The zero-order valence-corrected chi connectivity index (χ0v) is 35.4. The summed E-state index contributed by atoms with van der Waals surface area (Å²) in [4.78, 5) is 4.80. The summed E-state index contributed by atoms with van der Waals surface area (Å²) in [5.41, 5.74) is 11.3. The summed E-state index contributed by atoms with van der Waals surface area (Å²) in [5, 5.41) is 5.17. The molecule has 0 spiro atoms. The van der Waals surface area contributed by atoms with E-state index in [4.69, 9.17) is 0 Å². The summed E-state index contributed by atoms with van der Waals surface area (Å²) in [6.45, 7) is 5.25. The molecule has 0 saturated carbocycles. The van der Waals surface area contributed by atoms with Crippen LogP contribution < -0.4 is 9.80 Å². The van der Waals surface area contributed by atoms with Gasteiger partial charge in [0.1, 0.15) is 0 Å². The Bertz CT molecular complexity index is 3280. The van der Waals surface area contributed by atoms with Crippen LogP contribution in [0.1, 0.15) is 6.92 Å². The summed E-state index contributed by atoms with van der Waals surface area (Å²) in [6.07, 6.45) is 1.75. The van der Waals surface area contributed by atoms with E-state index in [1.54, 1.807) is 6.08 Å². The number of allylic oxidation sites excluding steroid dienone is 1. The van der Waals surface area contributed by atoms with Crippen LogP contribution in [-0.2, 0) is 0 Å². The van der Waals surface area contributed by atoms with Gasteiger partial charge in [0, 0.05) is 74.5 Å². The zero-order valence-electron chi connectivity index (χ0n) is 33.8. The number of anilines is 6. The van der Waals surface area contributed by atoms with Crippen LogP contribution in [0, 0.1) is 0 Å². The molecule has 0 bridgehead atoms. The van der Waals surface area contributed by atoms with Gasteiger partial charge in [-0.2, -0.15) is 0 Å². The van der Waals surface area contributed by atoms with Crippen molar-refractivity contribution in [2.24, 2.45) is 0 Å². The lowest BCUT2D eigenvalue weighted by molar-refractivity contribution is 1.25. The summed E-state index contributed by atoms with van der Waals surface area (Å²) in [5.74, 6) is 0. The van der Waals surface area contributed by atoms with E-state index >= 15 is 0 Å². The van der Waals surface area contributed by atoms with Crippen molar-refractivity contribution < 1.29 is 0 Å². The van der Waals surface area contributed by atoms with E-state index in [0.717, 1.165) is 39.7 Å². The van der Waals surface area contributed by atoms with Crippen LogP contribution in [0.4, 0.5) is 34.1 Å². The molecule has 0 unspecified atom stereocenters. The molecule has 0 amide bonds. The molecule has 2 aromatic heterocycles. The van der Waals surface area contributed by atoms with E-state index in [9.17, 15) is 0 Å². The van der Waals surface area contributed by atoms with Crippen LogP contribution in [0.15, 0.2) is 231 Å². The Morgan fingerprint density at radius 2 is 0.738 bits per heavy atom. The first kappa shape index (κ1) is 38.0. The first-order chi connectivity index (χ1) is 30.1. The van der Waals surface area contributed by atoms with Crippen molar-refractivity contribution in [1.82, 2.24) is 0 Å². The van der Waals surface area contributed by atoms with Crippen molar-refractivity contribution in [2.45, 2.75) is 6.92 Å². The fourth-order valence-electron chi connectivity index (χ4n) is 8.26. The van der Waals surface area contributed by atoms with Gasteiger partial charge in [-0.05, 0) is 120 Å². The second kappa shape index (κ2) is 16.8. The molecule has 2 nitrogen and oxygen atoms in total. The lowest BCUT2D eigenvalue weighted by atomic mass is 10.00. The van der Waals surface area contributed by atoms with Gasteiger partial charge in [-0.1, -0.05) is 133 Å². The quantitative estimate of drug-likeness (QED) is 0.141. The van der Waals surface area contributed by atoms with Gasteiger partial charge in [0.05, 0.1) is 0 Å². The second-order valence-corrected chi connectivity index (χ2v) is 17.2. The monoisotopic (exact) mass is 818 g/mol. The molecule has 0 fully saturated rings. The van der Waals surface area contributed by atoms with Crippen molar-refractivity contribution in [1.29, 1.82) is 0 Å². The molecule has 0 aliphatic heterocycles. The molecule has 11 rings (SSSR count). The molecule has 0 saturated heterocycles. The molecule has 2 heterocycles. The standard InChI is InChI=1S/C54H36N2S2.C3H6/c1-4-14-37(15-5-1)38-24-27-43(28-25-38)55(41-16-6-2-7-17-41)45-32-40(39-26-30-49-47-20-10-12-22-51(47)58-54(49)34-39)33-46(35-45)56(42-18-8-3-9-19-42)44-29-31-53-50(36-44)48-21-11-13-23-52(48)57-53;1-3-2/h1-36H;3H,1H2,2H3. The molecule has 9 aromatic carbocycles. The Hall–Kier alpha value is -7.24. The molecule has 0 aliphatic carbocycles. The Labute approximate surface area is 365 Å². The van der Waals surface area contributed by atoms with Crippen LogP contribution in [0.5, 0.6) is 0 Å². The Kier molecular flexibility index (Phi) is 10.5. The molecule has 0 aliphatic rings. The minimum atomic E-state index is 1.07. The number of nitrogens with zero attached hydrogens (tertiary/aromatic N) is 2. The van der Waals surface area contributed by atoms with Gasteiger partial charge in [-0.15, -0.1) is 29.3 Å². The Morgan fingerprint density at radius 3 is 1.36 bits per heavy atom. The SMILES string of the molecule is C=CC.c1ccc(-c2ccc(N(c3ccccc3)c3cc(-c4ccc5c(c4)sc4ccccc45)cc(N(c4ccccc4)c4ccc5sc6ccccc6c5c4)c3)cc2)cc1. The highest BCUT2D eigenvalue weighted by Gasteiger charge is 2.21. The number of fused-ring (bicyclic) bond motifs is 6. The first-order valence-electron chi connectivity index (χ1n) is 20.6. The molecule has 0 atom stereocenters. The summed E-state index contributed by atoms with van der Waals surface area (Å²) in [6, 6.07) is 79.5. The third kappa shape index (κ3) is 7.49. The number of rotatable bonds is 8. The fraction of sp³-hybridized carbons (Fsp3) is 0.0175. The smallest absolute Gasteiger partial charge is 0.0488 e. The molecule has 61 heavy (non-hydrogen) atoms. The zero-order chi connectivity index (χ0) is 41.1. The maximum absolute atomic E-state index is 3.36. The Morgan fingerprint density at radius 1 is 0.311 bits per heavy atom. The van der Waals surface area contributed by atoms with Crippen molar-refractivity contribution in [2.75, 3.05) is 9.80 Å². The third-order valence-electron chi connectivity index (χ3n) is 11.0. The third-order valence-corrected chi connectivity index (χ3v) is 13.3. The molecular formula is C57H42N2S2. The average Bonchev–Trinajstić information content (AvgIpc) is 3.88. The molecule has 0 radical (unpaired) electrons. The summed E-state index contributed by atoms with van der Waals surface area (Å²) >= 11 is 3.71. The van der Waals surface area contributed by atoms with Crippen LogP contribution in [0.2, 0.25) is 0 Å². The topological polar surface area (TPSA) is 6.48 Å². The van der Waals surface area contributed by atoms with Gasteiger partial charge < -0.3 is 9.80 Å². The highest BCUT2D eigenvalue weighted by atomic mass is 32.1. The maximum Gasteiger partial charge on any atom is 0.0488 e. The van der Waals surface area contributed by atoms with Gasteiger partial charge in [-0.3, -0.25) is 0 Å². The largest absolute Gasteiger partial charge is 0.310 e. The van der Waals surface area contributed by atoms with E-state index in [1.807, 2.05) is 29.6 Å². The fourth-order valence-corrected chi connectivity index (χ4v) is 10.5. The number of hydrogen-bond donors (Lipinski definition) is 0. The van der Waals surface area contributed by atoms with Crippen molar-refractivity contribution >= 4 is 97.1 Å². The number of hydrogen-bond acceptors (Lipinski definition) is 4. The van der Waals surface area contributed by atoms with Gasteiger partial charge in [0.25, 0.3) is 0 Å². The normalized spacial score (nSPS) is 11.1. The first-order valence-corrected chi connectivity index (χ1v) is 22.2. The van der Waals surface area contributed by atoms with E-state index in [1.165, 1.54) is 57.0 Å². The van der Waals surface area contributed by atoms with Crippen LogP contribution in [-0.4, -0.2) is 0 Å². The summed E-state index contributed by atoms with van der Waals surface area (Å²) < 4.78 is 5.19. The molecular weight excluding hydrogens is 777 g/mol. The van der Waals surface area contributed by atoms with E-state index in [2.05, 4.69) is 235 Å².